The third kappa shape index (κ3) is 4.91. The summed E-state index contributed by atoms with van der Waals surface area (Å²) in [4.78, 5) is 0. The monoisotopic (exact) mass is 274 g/mol. The molecule has 0 N–H and O–H groups in total. The van der Waals surface area contributed by atoms with Gasteiger partial charge in [-0.1, -0.05) is 0 Å². The average Bonchev–Trinajstić information content (AvgIpc) is 2.83. The fraction of sp³-hybridized carbons (Fsp3) is 0.667. The number of hydrogen-bond acceptors (Lipinski definition) is 5. The molecular weight excluding hydrogens is 252 g/mol. The summed E-state index contributed by atoms with van der Waals surface area (Å²) in [5, 5.41) is 0. The van der Waals surface area contributed by atoms with Crippen molar-refractivity contribution < 1.29 is 22.4 Å². The second kappa shape index (κ2) is 8.44. The predicted octanol–water partition coefficient (Wildman–Crippen LogP) is 2.38. The van der Waals surface area contributed by atoms with Crippen LogP contribution < -0.4 is 0 Å². The van der Waals surface area contributed by atoms with Crippen molar-refractivity contribution in [1.82, 2.24) is 0 Å². The van der Waals surface area contributed by atoms with Crippen LogP contribution in [0.5, 0.6) is 0 Å². The zero-order valence-corrected chi connectivity index (χ0v) is 12.3. The highest BCUT2D eigenvalue weighted by Gasteiger charge is 2.41. The molecular formula is C12H22O5Si. The lowest BCUT2D eigenvalue weighted by Gasteiger charge is -2.27. The minimum atomic E-state index is -2.69. The Morgan fingerprint density at radius 2 is 1.67 bits per heavy atom. The van der Waals surface area contributed by atoms with Crippen LogP contribution >= 0.6 is 0 Å². The molecule has 104 valence electrons. The van der Waals surface area contributed by atoms with Crippen LogP contribution in [-0.4, -0.2) is 34.9 Å². The van der Waals surface area contributed by atoms with Crippen molar-refractivity contribution in [2.45, 2.75) is 27.4 Å². The van der Waals surface area contributed by atoms with Crippen molar-refractivity contribution in [2.24, 2.45) is 0 Å². The smallest absolute Gasteiger partial charge is 0.467 e. The molecule has 0 aromatic carbocycles. The zero-order valence-electron chi connectivity index (χ0n) is 11.3. The van der Waals surface area contributed by atoms with E-state index in [9.17, 15) is 0 Å². The molecule has 0 atom stereocenters. The van der Waals surface area contributed by atoms with Gasteiger partial charge in [0.25, 0.3) is 0 Å². The summed E-state index contributed by atoms with van der Waals surface area (Å²) in [6.07, 6.45) is 1.96. The summed E-state index contributed by atoms with van der Waals surface area (Å²) >= 11 is 0. The van der Waals surface area contributed by atoms with E-state index in [1.807, 2.05) is 32.9 Å². The molecule has 0 spiro atoms. The second-order valence-corrected chi connectivity index (χ2v) is 6.07. The lowest BCUT2D eigenvalue weighted by Crippen LogP contribution is -2.50. The van der Waals surface area contributed by atoms with Gasteiger partial charge < -0.3 is 22.4 Å². The second-order valence-electron chi connectivity index (χ2n) is 3.55. The van der Waals surface area contributed by atoms with Gasteiger partial charge in [-0.2, -0.15) is 0 Å². The maximum atomic E-state index is 5.67. The average molecular weight is 274 g/mol. The SMILES string of the molecule is CCO[Si](COCc1ccco1)(OCC)OCC. The molecule has 0 fully saturated rings. The van der Waals surface area contributed by atoms with Gasteiger partial charge in [0, 0.05) is 19.8 Å². The van der Waals surface area contributed by atoms with Crippen LogP contribution in [0.1, 0.15) is 26.5 Å². The van der Waals surface area contributed by atoms with Gasteiger partial charge in [-0.25, -0.2) is 0 Å². The summed E-state index contributed by atoms with van der Waals surface area (Å²) < 4.78 is 27.8. The molecule has 6 heteroatoms. The van der Waals surface area contributed by atoms with Gasteiger partial charge in [-0.05, 0) is 32.9 Å². The third-order valence-corrected chi connectivity index (χ3v) is 4.94. The number of furan rings is 1. The Morgan fingerprint density at radius 3 is 2.11 bits per heavy atom. The van der Waals surface area contributed by atoms with Gasteiger partial charge in [0.15, 0.2) is 0 Å². The van der Waals surface area contributed by atoms with Crippen LogP contribution in [0.3, 0.4) is 0 Å². The molecule has 1 aromatic heterocycles. The molecule has 0 amide bonds. The first-order valence-corrected chi connectivity index (χ1v) is 8.21. The van der Waals surface area contributed by atoms with Crippen LogP contribution in [0.15, 0.2) is 22.8 Å². The Hall–Kier alpha value is -0.663. The molecule has 1 heterocycles. The standard InChI is InChI=1S/C12H22O5Si/c1-4-15-18(16-5-2,17-6-3)11-13-10-12-8-7-9-14-12/h7-9H,4-6,10-11H2,1-3H3. The van der Waals surface area contributed by atoms with Crippen LogP contribution in [0.2, 0.25) is 0 Å². The Labute approximate surface area is 109 Å². The largest absolute Gasteiger partial charge is 0.528 e. The highest BCUT2D eigenvalue weighted by molar-refractivity contribution is 6.60. The van der Waals surface area contributed by atoms with Crippen molar-refractivity contribution in [1.29, 1.82) is 0 Å². The highest BCUT2D eigenvalue weighted by atomic mass is 28.4. The summed E-state index contributed by atoms with van der Waals surface area (Å²) in [5.74, 6) is 0.780. The molecule has 0 aliphatic rings. The summed E-state index contributed by atoms with van der Waals surface area (Å²) in [6, 6.07) is 3.70. The van der Waals surface area contributed by atoms with Crippen LogP contribution in [0.25, 0.3) is 0 Å². The minimum Gasteiger partial charge on any atom is -0.467 e. The molecule has 0 bridgehead atoms. The molecule has 1 rings (SSSR count). The Bertz CT molecular complexity index is 284. The Kier molecular flexibility index (Phi) is 7.22. The van der Waals surface area contributed by atoms with Crippen molar-refractivity contribution in [2.75, 3.05) is 26.1 Å². The number of rotatable bonds is 10. The lowest BCUT2D eigenvalue weighted by atomic mass is 10.5. The third-order valence-electron chi connectivity index (χ3n) is 2.20. The first-order valence-electron chi connectivity index (χ1n) is 6.28. The van der Waals surface area contributed by atoms with Crippen LogP contribution in [0, 0.1) is 0 Å². The van der Waals surface area contributed by atoms with Gasteiger partial charge in [-0.3, -0.25) is 0 Å². The van der Waals surface area contributed by atoms with Crippen LogP contribution in [0.4, 0.5) is 0 Å². The fourth-order valence-electron chi connectivity index (χ4n) is 1.58. The molecule has 0 saturated carbocycles. The Balaban J connectivity index is 2.47. The summed E-state index contributed by atoms with van der Waals surface area (Å²) in [5.41, 5.74) is 0. The van der Waals surface area contributed by atoms with Crippen molar-refractivity contribution >= 4 is 8.80 Å². The van der Waals surface area contributed by atoms with E-state index >= 15 is 0 Å². The first-order chi connectivity index (χ1) is 8.76. The van der Waals surface area contributed by atoms with Crippen molar-refractivity contribution in [3.8, 4) is 0 Å². The van der Waals surface area contributed by atoms with E-state index in [2.05, 4.69) is 0 Å². The highest BCUT2D eigenvalue weighted by Crippen LogP contribution is 2.12. The molecule has 0 aliphatic carbocycles. The normalized spacial score (nSPS) is 11.9. The van der Waals surface area contributed by atoms with Gasteiger partial charge in [-0.15, -0.1) is 0 Å². The van der Waals surface area contributed by atoms with E-state index in [4.69, 9.17) is 22.4 Å². The van der Waals surface area contributed by atoms with Gasteiger partial charge in [0.2, 0.25) is 0 Å². The molecule has 18 heavy (non-hydrogen) atoms. The van der Waals surface area contributed by atoms with E-state index in [0.717, 1.165) is 5.76 Å². The van der Waals surface area contributed by atoms with E-state index in [1.54, 1.807) is 6.26 Å². The number of hydrogen-bond donors (Lipinski definition) is 0. The minimum absolute atomic E-state index is 0.337. The van der Waals surface area contributed by atoms with E-state index < -0.39 is 8.80 Å². The maximum absolute atomic E-state index is 5.67. The predicted molar refractivity (Wildman–Crippen MR) is 69.0 cm³/mol. The molecule has 0 radical (unpaired) electrons. The lowest BCUT2D eigenvalue weighted by molar-refractivity contribution is 0.0233. The summed E-state index contributed by atoms with van der Waals surface area (Å²) in [6.45, 7) is 7.82. The van der Waals surface area contributed by atoms with E-state index in [1.165, 1.54) is 0 Å². The van der Waals surface area contributed by atoms with Crippen molar-refractivity contribution in [3.63, 3.8) is 0 Å². The zero-order chi connectivity index (χ0) is 13.3. The van der Waals surface area contributed by atoms with Gasteiger partial charge in [0.1, 0.15) is 18.6 Å². The maximum Gasteiger partial charge on any atom is 0.528 e. The Morgan fingerprint density at radius 1 is 1.06 bits per heavy atom. The van der Waals surface area contributed by atoms with E-state index in [0.29, 0.717) is 32.7 Å². The summed E-state index contributed by atoms with van der Waals surface area (Å²) in [7, 11) is -2.69. The topological polar surface area (TPSA) is 50.1 Å². The van der Waals surface area contributed by atoms with Crippen molar-refractivity contribution in [3.05, 3.63) is 24.2 Å². The quantitative estimate of drug-likeness (QED) is 0.613. The molecule has 1 aromatic rings. The first kappa shape index (κ1) is 15.4. The molecule has 0 saturated heterocycles. The molecule has 0 unspecified atom stereocenters. The molecule has 0 aliphatic heterocycles. The van der Waals surface area contributed by atoms with Gasteiger partial charge in [0.05, 0.1) is 6.26 Å². The number of ether oxygens (including phenoxy) is 1. The van der Waals surface area contributed by atoms with Gasteiger partial charge >= 0.3 is 8.80 Å². The van der Waals surface area contributed by atoms with Crippen LogP contribution in [-0.2, 0) is 24.6 Å². The van der Waals surface area contributed by atoms with E-state index in [-0.39, 0.29) is 0 Å². The fourth-order valence-corrected chi connectivity index (χ4v) is 3.75. The molecule has 5 nitrogen and oxygen atoms in total.